The number of hydrogen-bond acceptors (Lipinski definition) is 3. The average molecular weight is 425 g/mol. The highest BCUT2D eigenvalue weighted by molar-refractivity contribution is 14.1. The zero-order chi connectivity index (χ0) is 15.5. The largest absolute Gasteiger partial charge is 0.320 e. The van der Waals surface area contributed by atoms with Gasteiger partial charge in [-0.25, -0.2) is 9.67 Å². The molecule has 22 heavy (non-hydrogen) atoms. The van der Waals surface area contributed by atoms with E-state index in [9.17, 15) is 4.79 Å². The average Bonchev–Trinajstić information content (AvgIpc) is 3.01. The lowest BCUT2D eigenvalue weighted by Gasteiger charge is -2.11. The number of carbonyl (C=O) groups is 1. The van der Waals surface area contributed by atoms with Crippen molar-refractivity contribution in [1.29, 1.82) is 0 Å². The molecule has 0 radical (unpaired) electrons. The minimum absolute atomic E-state index is 0.206. The van der Waals surface area contributed by atoms with Gasteiger partial charge in [-0.3, -0.25) is 4.79 Å². The van der Waals surface area contributed by atoms with Crippen LogP contribution in [0.4, 0.5) is 5.69 Å². The predicted molar refractivity (Wildman–Crippen MR) is 93.5 cm³/mol. The van der Waals surface area contributed by atoms with Crippen LogP contribution in [0.1, 0.15) is 10.4 Å². The van der Waals surface area contributed by atoms with Crippen LogP contribution in [0.3, 0.4) is 0 Å². The van der Waals surface area contributed by atoms with E-state index in [2.05, 4.69) is 38.0 Å². The van der Waals surface area contributed by atoms with Gasteiger partial charge in [-0.2, -0.15) is 5.10 Å². The first-order chi connectivity index (χ1) is 10.6. The molecule has 2 aromatic carbocycles. The summed E-state index contributed by atoms with van der Waals surface area (Å²) in [6, 6.07) is 12.5. The topological polar surface area (TPSA) is 59.8 Å². The Labute approximate surface area is 145 Å². The van der Waals surface area contributed by atoms with Gasteiger partial charge in [0.2, 0.25) is 0 Å². The Morgan fingerprint density at radius 1 is 1.23 bits per heavy atom. The van der Waals surface area contributed by atoms with Crippen molar-refractivity contribution in [3.05, 3.63) is 69.3 Å². The third-order valence-corrected chi connectivity index (χ3v) is 3.87. The fourth-order valence-corrected chi connectivity index (χ4v) is 2.68. The van der Waals surface area contributed by atoms with E-state index in [0.29, 0.717) is 22.0 Å². The Hall–Kier alpha value is -1.93. The van der Waals surface area contributed by atoms with Gasteiger partial charge in [0, 0.05) is 14.2 Å². The van der Waals surface area contributed by atoms with E-state index < -0.39 is 0 Å². The molecule has 1 amide bonds. The van der Waals surface area contributed by atoms with Crippen LogP contribution in [0, 0.1) is 3.57 Å². The third kappa shape index (κ3) is 3.28. The molecule has 5 nitrogen and oxygen atoms in total. The number of halogens is 2. The summed E-state index contributed by atoms with van der Waals surface area (Å²) in [4.78, 5) is 16.3. The van der Waals surface area contributed by atoms with E-state index in [1.807, 2.05) is 18.2 Å². The molecule has 0 aliphatic carbocycles. The standard InChI is InChI=1S/C15H10ClIN4O/c16-11-4-5-14(21-9-18-8-19-21)13(7-11)20-15(22)10-2-1-3-12(17)6-10/h1-9H,(H,20,22). The maximum atomic E-state index is 12.4. The number of hydrogen-bond donors (Lipinski definition) is 1. The van der Waals surface area contributed by atoms with Gasteiger partial charge in [0.15, 0.2) is 0 Å². The van der Waals surface area contributed by atoms with Gasteiger partial charge in [0.25, 0.3) is 5.91 Å². The van der Waals surface area contributed by atoms with Crippen molar-refractivity contribution >= 4 is 45.8 Å². The summed E-state index contributed by atoms with van der Waals surface area (Å²) in [6.07, 6.45) is 2.99. The highest BCUT2D eigenvalue weighted by Crippen LogP contribution is 2.24. The number of carbonyl (C=O) groups excluding carboxylic acids is 1. The van der Waals surface area contributed by atoms with E-state index in [1.54, 1.807) is 35.3 Å². The van der Waals surface area contributed by atoms with Gasteiger partial charge in [0.1, 0.15) is 12.7 Å². The first kappa shape index (κ1) is 15.0. The van der Waals surface area contributed by atoms with Gasteiger partial charge >= 0.3 is 0 Å². The van der Waals surface area contributed by atoms with Gasteiger partial charge in [-0.15, -0.1) is 0 Å². The fourth-order valence-electron chi connectivity index (χ4n) is 1.96. The van der Waals surface area contributed by atoms with Crippen molar-refractivity contribution in [2.75, 3.05) is 5.32 Å². The van der Waals surface area contributed by atoms with E-state index in [1.165, 1.54) is 6.33 Å². The van der Waals surface area contributed by atoms with Crippen molar-refractivity contribution in [3.63, 3.8) is 0 Å². The van der Waals surface area contributed by atoms with Gasteiger partial charge in [-0.1, -0.05) is 17.7 Å². The van der Waals surface area contributed by atoms with Crippen LogP contribution in [0.25, 0.3) is 5.69 Å². The first-order valence-electron chi connectivity index (χ1n) is 6.35. The molecule has 0 atom stereocenters. The second-order valence-electron chi connectivity index (χ2n) is 4.47. The Balaban J connectivity index is 1.95. The maximum Gasteiger partial charge on any atom is 0.255 e. The van der Waals surface area contributed by atoms with Crippen molar-refractivity contribution < 1.29 is 4.79 Å². The molecule has 0 aliphatic rings. The van der Waals surface area contributed by atoms with Gasteiger partial charge < -0.3 is 5.32 Å². The lowest BCUT2D eigenvalue weighted by Crippen LogP contribution is -2.14. The smallest absolute Gasteiger partial charge is 0.255 e. The molecule has 0 saturated heterocycles. The summed E-state index contributed by atoms with van der Waals surface area (Å²) in [5, 5.41) is 7.48. The summed E-state index contributed by atoms with van der Waals surface area (Å²) in [6.45, 7) is 0. The second-order valence-corrected chi connectivity index (χ2v) is 6.15. The van der Waals surface area contributed by atoms with E-state index >= 15 is 0 Å². The van der Waals surface area contributed by atoms with Crippen LogP contribution in [-0.4, -0.2) is 20.7 Å². The molecule has 3 aromatic rings. The summed E-state index contributed by atoms with van der Waals surface area (Å²) in [7, 11) is 0. The van der Waals surface area contributed by atoms with Crippen molar-refractivity contribution in [2.45, 2.75) is 0 Å². The molecule has 0 spiro atoms. The molecule has 3 rings (SSSR count). The van der Waals surface area contributed by atoms with Gasteiger partial charge in [0.05, 0.1) is 11.4 Å². The summed E-state index contributed by atoms with van der Waals surface area (Å²) in [5.74, 6) is -0.206. The number of nitrogens with zero attached hydrogens (tertiary/aromatic N) is 3. The number of amides is 1. The summed E-state index contributed by atoms with van der Waals surface area (Å²) < 4.78 is 2.56. The van der Waals surface area contributed by atoms with Crippen LogP contribution in [-0.2, 0) is 0 Å². The Morgan fingerprint density at radius 3 is 2.82 bits per heavy atom. The number of nitrogens with one attached hydrogen (secondary N) is 1. The van der Waals surface area contributed by atoms with Crippen LogP contribution >= 0.6 is 34.2 Å². The number of benzene rings is 2. The molecule has 0 aliphatic heterocycles. The van der Waals surface area contributed by atoms with Crippen molar-refractivity contribution in [1.82, 2.24) is 14.8 Å². The quantitative estimate of drug-likeness (QED) is 0.651. The molecule has 0 fully saturated rings. The minimum Gasteiger partial charge on any atom is -0.320 e. The number of rotatable bonds is 3. The molecule has 7 heteroatoms. The lowest BCUT2D eigenvalue weighted by molar-refractivity contribution is 0.102. The van der Waals surface area contributed by atoms with Crippen LogP contribution < -0.4 is 5.32 Å². The fraction of sp³-hybridized carbons (Fsp3) is 0. The highest BCUT2D eigenvalue weighted by Gasteiger charge is 2.12. The Bertz CT molecular complexity index is 820. The third-order valence-electron chi connectivity index (χ3n) is 2.96. The monoisotopic (exact) mass is 424 g/mol. The minimum atomic E-state index is -0.206. The van der Waals surface area contributed by atoms with E-state index in [4.69, 9.17) is 11.6 Å². The summed E-state index contributed by atoms with van der Waals surface area (Å²) in [5.41, 5.74) is 1.85. The van der Waals surface area contributed by atoms with Crippen LogP contribution in [0.2, 0.25) is 5.02 Å². The maximum absolute atomic E-state index is 12.4. The molecule has 1 heterocycles. The number of aromatic nitrogens is 3. The van der Waals surface area contributed by atoms with Crippen molar-refractivity contribution in [3.8, 4) is 5.69 Å². The van der Waals surface area contributed by atoms with E-state index in [0.717, 1.165) is 3.57 Å². The molecule has 1 aromatic heterocycles. The number of anilines is 1. The van der Waals surface area contributed by atoms with Crippen molar-refractivity contribution in [2.24, 2.45) is 0 Å². The summed E-state index contributed by atoms with van der Waals surface area (Å²) >= 11 is 8.20. The van der Waals surface area contributed by atoms with E-state index in [-0.39, 0.29) is 5.91 Å². The molecule has 0 bridgehead atoms. The lowest BCUT2D eigenvalue weighted by atomic mass is 10.2. The first-order valence-corrected chi connectivity index (χ1v) is 7.80. The normalized spacial score (nSPS) is 10.5. The zero-order valence-electron chi connectivity index (χ0n) is 11.2. The predicted octanol–water partition coefficient (Wildman–Crippen LogP) is 3.78. The molecule has 0 saturated carbocycles. The highest BCUT2D eigenvalue weighted by atomic mass is 127. The van der Waals surface area contributed by atoms with Crippen LogP contribution in [0.15, 0.2) is 55.1 Å². The Morgan fingerprint density at radius 2 is 2.09 bits per heavy atom. The molecule has 1 N–H and O–H groups in total. The van der Waals surface area contributed by atoms with Crippen LogP contribution in [0.5, 0.6) is 0 Å². The molecular formula is C15H10ClIN4O. The van der Waals surface area contributed by atoms with Gasteiger partial charge in [-0.05, 0) is 59.0 Å². The molecule has 110 valence electrons. The second kappa shape index (κ2) is 6.45. The Kier molecular flexibility index (Phi) is 4.39. The molecular weight excluding hydrogens is 415 g/mol. The molecule has 0 unspecified atom stereocenters. The zero-order valence-corrected chi connectivity index (χ0v) is 14.1. The SMILES string of the molecule is O=C(Nc1cc(Cl)ccc1-n1cncn1)c1cccc(I)c1.